The number of aromatic nitrogens is 1. The topological polar surface area (TPSA) is 39.9 Å². The van der Waals surface area contributed by atoms with Gasteiger partial charge in [0.1, 0.15) is 5.82 Å². The van der Waals surface area contributed by atoms with Crippen molar-refractivity contribution in [1.82, 2.24) is 10.3 Å². The van der Waals surface area contributed by atoms with Crippen LogP contribution in [0.3, 0.4) is 0 Å². The predicted molar refractivity (Wildman–Crippen MR) is 124 cm³/mol. The van der Waals surface area contributed by atoms with E-state index in [9.17, 15) is 4.39 Å². The molecule has 3 N–H and O–H groups in total. The summed E-state index contributed by atoms with van der Waals surface area (Å²) in [6.45, 7) is 4.76. The van der Waals surface area contributed by atoms with Gasteiger partial charge in [-0.05, 0) is 68.4 Å². The molecule has 150 valence electrons. The quantitative estimate of drug-likeness (QED) is 0.297. The highest BCUT2D eigenvalue weighted by Gasteiger charge is 2.06. The fourth-order valence-electron chi connectivity index (χ4n) is 3.02. The van der Waals surface area contributed by atoms with Crippen LogP contribution in [-0.2, 0) is 6.54 Å². The van der Waals surface area contributed by atoms with Gasteiger partial charge in [0, 0.05) is 34.2 Å². The maximum absolute atomic E-state index is 13.9. The van der Waals surface area contributed by atoms with Gasteiger partial charge in [-0.2, -0.15) is 0 Å². The maximum Gasteiger partial charge on any atom is 0.146 e. The molecule has 3 nitrogen and oxygen atoms in total. The van der Waals surface area contributed by atoms with Gasteiger partial charge in [-0.1, -0.05) is 29.8 Å². The second-order valence-electron chi connectivity index (χ2n) is 7.05. The summed E-state index contributed by atoms with van der Waals surface area (Å²) in [5.74, 6) is -0.238. The van der Waals surface area contributed by atoms with Gasteiger partial charge in [0.2, 0.25) is 0 Å². The Morgan fingerprint density at radius 2 is 1.66 bits per heavy atom. The van der Waals surface area contributed by atoms with Gasteiger partial charge in [-0.25, -0.2) is 4.39 Å². The van der Waals surface area contributed by atoms with Crippen molar-refractivity contribution < 1.29 is 4.39 Å². The Hall–Kier alpha value is -2.76. The number of rotatable bonds is 4. The van der Waals surface area contributed by atoms with E-state index in [1.807, 2.05) is 68.7 Å². The van der Waals surface area contributed by atoms with E-state index in [-0.39, 0.29) is 5.82 Å². The summed E-state index contributed by atoms with van der Waals surface area (Å²) in [6, 6.07) is 19.2. The van der Waals surface area contributed by atoms with E-state index in [0.29, 0.717) is 5.69 Å². The molecule has 0 unspecified atom stereocenters. The molecule has 0 aliphatic carbocycles. The first-order valence-electron chi connectivity index (χ1n) is 9.49. The van der Waals surface area contributed by atoms with Crippen LogP contribution >= 0.6 is 12.6 Å². The first kappa shape index (κ1) is 21.0. The van der Waals surface area contributed by atoms with Gasteiger partial charge in [0.25, 0.3) is 0 Å². The molecule has 0 atom stereocenters. The summed E-state index contributed by atoms with van der Waals surface area (Å²) in [6.07, 6.45) is 2.00. The van der Waals surface area contributed by atoms with Gasteiger partial charge in [-0.15, -0.1) is 12.6 Å². The molecule has 29 heavy (non-hydrogen) atoms. The number of aromatic amines is 1. The Morgan fingerprint density at radius 1 is 0.931 bits per heavy atom. The van der Waals surface area contributed by atoms with Crippen LogP contribution < -0.4 is 10.6 Å². The predicted octanol–water partition coefficient (Wildman–Crippen LogP) is 6.36. The second kappa shape index (κ2) is 9.63. The summed E-state index contributed by atoms with van der Waals surface area (Å²) in [5.41, 5.74) is 5.81. The number of hydrogen-bond donors (Lipinski definition) is 4. The van der Waals surface area contributed by atoms with Crippen molar-refractivity contribution in [3.63, 3.8) is 0 Å². The molecular weight excluding hydrogens is 381 g/mol. The number of anilines is 2. The first-order valence-corrected chi connectivity index (χ1v) is 9.94. The molecule has 0 aliphatic rings. The normalized spacial score (nSPS) is 10.5. The van der Waals surface area contributed by atoms with E-state index < -0.39 is 0 Å². The van der Waals surface area contributed by atoms with Crippen molar-refractivity contribution >= 4 is 34.9 Å². The second-order valence-corrected chi connectivity index (χ2v) is 7.56. The molecule has 1 heterocycles. The Kier molecular flexibility index (Phi) is 6.96. The number of nitrogens with one attached hydrogen (secondary N) is 3. The third-order valence-corrected chi connectivity index (χ3v) is 4.87. The smallest absolute Gasteiger partial charge is 0.146 e. The zero-order chi connectivity index (χ0) is 20.8. The molecule has 1 aromatic heterocycles. The SMILES string of the molecule is CNCc1c[nH]c2cc(Nc3ccc(C)cc3F)ccc12.Cc1ccc(S)cc1. The van der Waals surface area contributed by atoms with E-state index in [1.165, 1.54) is 22.6 Å². The molecule has 4 aromatic rings. The summed E-state index contributed by atoms with van der Waals surface area (Å²) in [5, 5.41) is 7.45. The maximum atomic E-state index is 13.9. The van der Waals surface area contributed by atoms with Crippen LogP contribution in [0.5, 0.6) is 0 Å². The van der Waals surface area contributed by atoms with Crippen LogP contribution in [0.2, 0.25) is 0 Å². The van der Waals surface area contributed by atoms with Gasteiger partial charge in [0.15, 0.2) is 0 Å². The fraction of sp³-hybridized carbons (Fsp3) is 0.167. The molecular formula is C24H26FN3S. The molecule has 0 spiro atoms. The van der Waals surface area contributed by atoms with Crippen LogP contribution in [-0.4, -0.2) is 12.0 Å². The summed E-state index contributed by atoms with van der Waals surface area (Å²) in [4.78, 5) is 4.27. The number of aryl methyl sites for hydroxylation is 2. The minimum absolute atomic E-state index is 0.238. The summed E-state index contributed by atoms with van der Waals surface area (Å²) >= 11 is 4.13. The Bertz CT molecular complexity index is 1070. The van der Waals surface area contributed by atoms with Crippen molar-refractivity contribution in [2.24, 2.45) is 0 Å². The van der Waals surface area contributed by atoms with Gasteiger partial charge in [-0.3, -0.25) is 0 Å². The van der Waals surface area contributed by atoms with E-state index in [4.69, 9.17) is 0 Å². The Morgan fingerprint density at radius 3 is 2.31 bits per heavy atom. The minimum atomic E-state index is -0.238. The lowest BCUT2D eigenvalue weighted by atomic mass is 10.1. The lowest BCUT2D eigenvalue weighted by molar-refractivity contribution is 0.631. The number of hydrogen-bond acceptors (Lipinski definition) is 3. The van der Waals surface area contributed by atoms with Gasteiger partial charge in [0.05, 0.1) is 5.69 Å². The molecule has 0 aliphatic heterocycles. The van der Waals surface area contributed by atoms with Crippen molar-refractivity contribution in [1.29, 1.82) is 0 Å². The number of benzene rings is 3. The Labute approximate surface area is 176 Å². The Balaban J connectivity index is 0.000000252. The van der Waals surface area contributed by atoms with Crippen LogP contribution in [0.25, 0.3) is 10.9 Å². The van der Waals surface area contributed by atoms with Gasteiger partial charge < -0.3 is 15.6 Å². The molecule has 5 heteroatoms. The number of halogens is 1. The molecule has 4 rings (SSSR count). The van der Waals surface area contributed by atoms with Crippen molar-refractivity contribution in [3.05, 3.63) is 89.4 Å². The van der Waals surface area contributed by atoms with Crippen molar-refractivity contribution in [2.45, 2.75) is 25.3 Å². The highest BCUT2D eigenvalue weighted by molar-refractivity contribution is 7.80. The van der Waals surface area contributed by atoms with E-state index in [1.54, 1.807) is 6.07 Å². The molecule has 0 bridgehead atoms. The lowest BCUT2D eigenvalue weighted by Gasteiger charge is -2.08. The van der Waals surface area contributed by atoms with E-state index >= 15 is 0 Å². The summed E-state index contributed by atoms with van der Waals surface area (Å²) < 4.78 is 13.9. The number of H-pyrrole nitrogens is 1. The highest BCUT2D eigenvalue weighted by atomic mass is 32.1. The van der Waals surface area contributed by atoms with Crippen molar-refractivity contribution in [2.75, 3.05) is 12.4 Å². The average Bonchev–Trinajstić information content (AvgIpc) is 3.09. The first-order chi connectivity index (χ1) is 14.0. The van der Waals surface area contributed by atoms with Crippen LogP contribution in [0, 0.1) is 19.7 Å². The van der Waals surface area contributed by atoms with Crippen molar-refractivity contribution in [3.8, 4) is 0 Å². The molecule has 0 fully saturated rings. The monoisotopic (exact) mass is 407 g/mol. The van der Waals surface area contributed by atoms with Crippen LogP contribution in [0.4, 0.5) is 15.8 Å². The molecule has 0 radical (unpaired) electrons. The highest BCUT2D eigenvalue weighted by Crippen LogP contribution is 2.25. The standard InChI is InChI=1S/C17H18FN3.C7H8S/c1-11-3-6-16(15(18)7-11)21-13-4-5-14-12(9-19-2)10-20-17(14)8-13;1-6-2-4-7(8)5-3-6/h3-8,10,19-21H,9H2,1-2H3;2-5,8H,1H3. The molecule has 0 saturated heterocycles. The van der Waals surface area contributed by atoms with Gasteiger partial charge >= 0.3 is 0 Å². The zero-order valence-corrected chi connectivity index (χ0v) is 17.8. The average molecular weight is 408 g/mol. The zero-order valence-electron chi connectivity index (χ0n) is 16.9. The lowest BCUT2D eigenvalue weighted by Crippen LogP contribution is -2.03. The third-order valence-electron chi connectivity index (χ3n) is 4.57. The molecule has 0 amide bonds. The van der Waals surface area contributed by atoms with E-state index in [2.05, 4.69) is 35.2 Å². The van der Waals surface area contributed by atoms with Crippen LogP contribution in [0.15, 0.2) is 71.8 Å². The number of thiol groups is 1. The summed E-state index contributed by atoms with van der Waals surface area (Å²) in [7, 11) is 1.93. The molecule has 3 aromatic carbocycles. The molecule has 0 saturated carbocycles. The third kappa shape index (κ3) is 5.62. The fourth-order valence-corrected chi connectivity index (χ4v) is 3.17. The minimum Gasteiger partial charge on any atom is -0.361 e. The van der Waals surface area contributed by atoms with E-state index in [0.717, 1.165) is 28.2 Å². The largest absolute Gasteiger partial charge is 0.361 e. The number of fused-ring (bicyclic) bond motifs is 1. The van der Waals surface area contributed by atoms with Crippen LogP contribution in [0.1, 0.15) is 16.7 Å².